The van der Waals surface area contributed by atoms with E-state index in [1.54, 1.807) is 7.05 Å². The zero-order valence-corrected chi connectivity index (χ0v) is 11.9. The van der Waals surface area contributed by atoms with E-state index in [0.717, 1.165) is 11.1 Å². The molecule has 0 aliphatic heterocycles. The Morgan fingerprint density at radius 2 is 1.71 bits per heavy atom. The predicted octanol–water partition coefficient (Wildman–Crippen LogP) is 2.47. The van der Waals surface area contributed by atoms with E-state index in [2.05, 4.69) is 5.10 Å². The minimum absolute atomic E-state index is 0.573. The maximum absolute atomic E-state index is 5.55. The third-order valence-electron chi connectivity index (χ3n) is 1.73. The van der Waals surface area contributed by atoms with E-state index < -0.39 is 0 Å². The van der Waals surface area contributed by atoms with Gasteiger partial charge in [0.25, 0.3) is 0 Å². The molecule has 0 aliphatic rings. The Morgan fingerprint density at radius 1 is 1.18 bits per heavy atom. The molecule has 17 heavy (non-hydrogen) atoms. The number of nitrogens with two attached hydrogens (primary N) is 2. The minimum Gasteiger partial charge on any atom is -0.321 e. The number of hydrogen-bond acceptors (Lipinski definition) is 3. The van der Waals surface area contributed by atoms with E-state index >= 15 is 0 Å². The number of aryl methyl sites for hydroxylation is 1. The molecule has 0 fully saturated rings. The second-order valence-electron chi connectivity index (χ2n) is 2.93. The van der Waals surface area contributed by atoms with Gasteiger partial charge in [0.15, 0.2) is 5.84 Å². The molecule has 1 aromatic rings. The number of nitrogens with zero attached hydrogens (tertiary/aromatic N) is 2. The molecule has 0 atom stereocenters. The summed E-state index contributed by atoms with van der Waals surface area (Å²) >= 11 is 0. The molecule has 0 aliphatic carbocycles. The lowest BCUT2D eigenvalue weighted by molar-refractivity contribution is 0.537. The third kappa shape index (κ3) is 6.58. The van der Waals surface area contributed by atoms with Gasteiger partial charge in [0, 0.05) is 12.6 Å². The van der Waals surface area contributed by atoms with Crippen molar-refractivity contribution in [1.82, 2.24) is 5.01 Å². The van der Waals surface area contributed by atoms with Crippen molar-refractivity contribution in [2.45, 2.75) is 34.6 Å². The topological polar surface area (TPSA) is 67.6 Å². The molecular weight excluding hydrogens is 212 g/mol. The Hall–Kier alpha value is -1.55. The number of hydrazone groups is 1. The zero-order valence-electron chi connectivity index (χ0n) is 11.9. The lowest BCUT2D eigenvalue weighted by Crippen LogP contribution is -2.34. The van der Waals surface area contributed by atoms with Crippen molar-refractivity contribution in [1.29, 1.82) is 0 Å². The highest BCUT2D eigenvalue weighted by Gasteiger charge is 2.05. The molecule has 1 rings (SSSR count). The largest absolute Gasteiger partial charge is 0.321 e. The molecule has 0 aromatic heterocycles. The quantitative estimate of drug-likeness (QED) is 0.342. The average Bonchev–Trinajstić information content (AvgIpc) is 2.35. The normalized spacial score (nSPS) is 9.47. The standard InChI is InChI=1S/C9H14N4.2C2H6/c1-7-4-3-5-8(6-7)9(12-10)13(2)11;2*1-2/h3-6H,10-11H2,1-2H3;2*1-2H3/b12-9-;;. The SMILES string of the molecule is CC.CC.Cc1cccc(/C(=N/N)N(C)N)c1. The Morgan fingerprint density at radius 3 is 2.06 bits per heavy atom. The monoisotopic (exact) mass is 238 g/mol. The molecular formula is C13H26N4. The zero-order chi connectivity index (χ0) is 13.8. The molecule has 0 unspecified atom stereocenters. The summed E-state index contributed by atoms with van der Waals surface area (Å²) in [5, 5.41) is 5.01. The van der Waals surface area contributed by atoms with Crippen LogP contribution in [0, 0.1) is 6.92 Å². The predicted molar refractivity (Wildman–Crippen MR) is 76.5 cm³/mol. The highest BCUT2D eigenvalue weighted by atomic mass is 15.4. The highest BCUT2D eigenvalue weighted by molar-refractivity contribution is 5.98. The fraction of sp³-hybridized carbons (Fsp3) is 0.462. The van der Waals surface area contributed by atoms with Crippen LogP contribution in [0.5, 0.6) is 0 Å². The minimum atomic E-state index is 0.573. The van der Waals surface area contributed by atoms with E-state index in [4.69, 9.17) is 11.7 Å². The maximum Gasteiger partial charge on any atom is 0.169 e. The van der Waals surface area contributed by atoms with E-state index in [-0.39, 0.29) is 0 Å². The lowest BCUT2D eigenvalue weighted by atomic mass is 10.1. The molecule has 0 heterocycles. The fourth-order valence-corrected chi connectivity index (χ4v) is 1.15. The number of hydrogen-bond donors (Lipinski definition) is 2. The fourth-order valence-electron chi connectivity index (χ4n) is 1.15. The van der Waals surface area contributed by atoms with Crippen LogP contribution in [0.4, 0.5) is 0 Å². The van der Waals surface area contributed by atoms with Gasteiger partial charge in [-0.25, -0.2) is 5.84 Å². The summed E-state index contributed by atoms with van der Waals surface area (Å²) in [5.74, 6) is 11.3. The molecule has 0 amide bonds. The van der Waals surface area contributed by atoms with Gasteiger partial charge in [-0.05, 0) is 13.0 Å². The van der Waals surface area contributed by atoms with Crippen LogP contribution in [0.2, 0.25) is 0 Å². The van der Waals surface area contributed by atoms with Crippen LogP contribution in [0.1, 0.15) is 38.8 Å². The number of rotatable bonds is 1. The maximum atomic E-state index is 5.55. The molecule has 0 saturated heterocycles. The van der Waals surface area contributed by atoms with Crippen molar-refractivity contribution in [3.8, 4) is 0 Å². The Labute approximate surface area is 105 Å². The Bertz CT molecular complexity index is 319. The number of hydrazine groups is 1. The first kappa shape index (κ1) is 17.8. The van der Waals surface area contributed by atoms with Gasteiger partial charge in [0.1, 0.15) is 0 Å². The molecule has 0 saturated carbocycles. The molecule has 0 radical (unpaired) electrons. The van der Waals surface area contributed by atoms with E-state index in [1.165, 1.54) is 5.01 Å². The van der Waals surface area contributed by atoms with E-state index in [9.17, 15) is 0 Å². The van der Waals surface area contributed by atoms with Crippen LogP contribution < -0.4 is 11.7 Å². The van der Waals surface area contributed by atoms with Crippen molar-refractivity contribution >= 4 is 5.84 Å². The summed E-state index contributed by atoms with van der Waals surface area (Å²) in [6.07, 6.45) is 0. The summed E-state index contributed by atoms with van der Waals surface area (Å²) < 4.78 is 0. The Kier molecular flexibility index (Phi) is 11.5. The first-order valence-corrected chi connectivity index (χ1v) is 5.98. The van der Waals surface area contributed by atoms with Crippen LogP contribution in [0.25, 0.3) is 0 Å². The summed E-state index contributed by atoms with van der Waals surface area (Å²) in [4.78, 5) is 0. The average molecular weight is 238 g/mol. The van der Waals surface area contributed by atoms with Gasteiger partial charge in [0.2, 0.25) is 0 Å². The van der Waals surface area contributed by atoms with Crippen LogP contribution in [-0.2, 0) is 0 Å². The van der Waals surface area contributed by atoms with Crippen LogP contribution in [0.3, 0.4) is 0 Å². The summed E-state index contributed by atoms with van der Waals surface area (Å²) in [6, 6.07) is 7.85. The number of amidine groups is 1. The van der Waals surface area contributed by atoms with Crippen molar-refractivity contribution in [3.63, 3.8) is 0 Å². The smallest absolute Gasteiger partial charge is 0.169 e. The van der Waals surface area contributed by atoms with Gasteiger partial charge >= 0.3 is 0 Å². The first-order chi connectivity index (χ1) is 8.15. The highest BCUT2D eigenvalue weighted by Crippen LogP contribution is 2.05. The summed E-state index contributed by atoms with van der Waals surface area (Å²) in [5.41, 5.74) is 2.08. The van der Waals surface area contributed by atoms with Crippen LogP contribution in [-0.4, -0.2) is 17.9 Å². The molecule has 98 valence electrons. The first-order valence-electron chi connectivity index (χ1n) is 5.98. The van der Waals surface area contributed by atoms with Gasteiger partial charge in [-0.1, -0.05) is 51.5 Å². The van der Waals surface area contributed by atoms with Gasteiger partial charge in [-0.15, -0.1) is 0 Å². The van der Waals surface area contributed by atoms with Crippen molar-refractivity contribution < 1.29 is 0 Å². The number of benzene rings is 1. The third-order valence-corrected chi connectivity index (χ3v) is 1.73. The summed E-state index contributed by atoms with van der Waals surface area (Å²) in [7, 11) is 1.70. The van der Waals surface area contributed by atoms with Gasteiger partial charge in [0.05, 0.1) is 0 Å². The molecule has 4 heteroatoms. The summed E-state index contributed by atoms with van der Waals surface area (Å²) in [6.45, 7) is 10.0. The van der Waals surface area contributed by atoms with Gasteiger partial charge in [-0.2, -0.15) is 5.10 Å². The van der Waals surface area contributed by atoms with Crippen LogP contribution >= 0.6 is 0 Å². The molecule has 0 bridgehead atoms. The van der Waals surface area contributed by atoms with Gasteiger partial charge in [-0.3, -0.25) is 5.01 Å². The lowest BCUT2D eigenvalue weighted by Gasteiger charge is -2.14. The molecule has 4 N–H and O–H groups in total. The van der Waals surface area contributed by atoms with Crippen LogP contribution in [0.15, 0.2) is 29.4 Å². The van der Waals surface area contributed by atoms with E-state index in [0.29, 0.717) is 5.84 Å². The second kappa shape index (κ2) is 11.0. The Balaban J connectivity index is 0. The van der Waals surface area contributed by atoms with Crippen molar-refractivity contribution in [2.75, 3.05) is 7.05 Å². The molecule has 0 spiro atoms. The molecule has 1 aromatic carbocycles. The van der Waals surface area contributed by atoms with E-state index in [1.807, 2.05) is 58.9 Å². The second-order valence-corrected chi connectivity index (χ2v) is 2.93. The van der Waals surface area contributed by atoms with Crippen molar-refractivity contribution in [2.24, 2.45) is 16.8 Å². The molecule has 4 nitrogen and oxygen atoms in total. The van der Waals surface area contributed by atoms with Crippen molar-refractivity contribution in [3.05, 3.63) is 35.4 Å². The van der Waals surface area contributed by atoms with Gasteiger partial charge < -0.3 is 5.84 Å².